The minimum Gasteiger partial charge on any atom is -0.665 e. The maximum atomic E-state index is 8.24. The molecule has 1 rings (SSSR count). The molecular weight excluding hydrogens is 255 g/mol. The summed E-state index contributed by atoms with van der Waals surface area (Å²) in [5, 5.41) is 6.76. The van der Waals surface area contributed by atoms with E-state index in [1.807, 2.05) is 46.9 Å². The fourth-order valence-electron chi connectivity index (χ4n) is 0.375. The maximum absolute atomic E-state index is 8.24. The summed E-state index contributed by atoms with van der Waals surface area (Å²) in [6.07, 6.45) is 1.86. The van der Waals surface area contributed by atoms with Crippen molar-refractivity contribution in [2.24, 2.45) is 0 Å². The molecule has 0 bridgehead atoms. The minimum absolute atomic E-state index is 0. The third kappa shape index (κ3) is 29.7. The SMILES string of the molecule is CC.CC.Cc1[c-]cc[nH]1.O=[C-]O.[Y]. The van der Waals surface area contributed by atoms with Crippen molar-refractivity contribution >= 4 is 6.47 Å². The van der Waals surface area contributed by atoms with Crippen LogP contribution in [0.25, 0.3) is 0 Å². The van der Waals surface area contributed by atoms with Gasteiger partial charge in [-0.3, -0.25) is 0 Å². The molecule has 81 valence electrons. The molecule has 0 saturated carbocycles. The Hall–Kier alpha value is -0.146. The molecule has 0 aliphatic heterocycles. The second-order valence-corrected chi connectivity index (χ2v) is 1.34. The standard InChI is InChI=1S/C5H6N.2C2H6.CHO2.Y/c1-5-3-2-4-6-5;2*1-2;2-1-3;/h2,4,6H,1H3;2*1-2H3;(H,2,3);/q-1;;;-1;. The van der Waals surface area contributed by atoms with Gasteiger partial charge in [0.05, 0.1) is 0 Å². The summed E-state index contributed by atoms with van der Waals surface area (Å²) >= 11 is 0. The molecule has 0 unspecified atom stereocenters. The fraction of sp³-hybridized carbons (Fsp3) is 0.500. The first-order valence-corrected chi connectivity index (χ1v) is 4.34. The third-order valence-corrected chi connectivity index (χ3v) is 0.683. The van der Waals surface area contributed by atoms with Crippen LogP contribution in [-0.2, 0) is 37.5 Å². The summed E-state index contributed by atoms with van der Waals surface area (Å²) in [6.45, 7) is 10.5. The summed E-state index contributed by atoms with van der Waals surface area (Å²) in [6, 6.07) is 4.80. The Morgan fingerprint density at radius 2 is 1.71 bits per heavy atom. The minimum atomic E-state index is 0. The molecule has 0 spiro atoms. The van der Waals surface area contributed by atoms with E-state index in [0.717, 1.165) is 5.69 Å². The van der Waals surface area contributed by atoms with E-state index in [2.05, 4.69) is 11.1 Å². The Balaban J connectivity index is -0.0000000549. The van der Waals surface area contributed by atoms with Crippen molar-refractivity contribution in [1.82, 2.24) is 4.98 Å². The summed E-state index contributed by atoms with van der Waals surface area (Å²) < 4.78 is 0. The van der Waals surface area contributed by atoms with Crippen molar-refractivity contribution in [2.75, 3.05) is 0 Å². The van der Waals surface area contributed by atoms with E-state index < -0.39 is 0 Å². The van der Waals surface area contributed by atoms with Crippen LogP contribution in [0.15, 0.2) is 12.3 Å². The van der Waals surface area contributed by atoms with Crippen molar-refractivity contribution in [3.05, 3.63) is 24.0 Å². The van der Waals surface area contributed by atoms with E-state index in [1.54, 1.807) is 0 Å². The average molecular weight is 274 g/mol. The van der Waals surface area contributed by atoms with Gasteiger partial charge in [0.15, 0.2) is 0 Å². The number of H-pyrrole nitrogens is 1. The van der Waals surface area contributed by atoms with Gasteiger partial charge in [-0.2, -0.15) is 0 Å². The molecule has 1 aromatic heterocycles. The van der Waals surface area contributed by atoms with Gasteiger partial charge in [-0.15, -0.1) is 6.20 Å². The monoisotopic (exact) mass is 274 g/mol. The van der Waals surface area contributed by atoms with Crippen LogP contribution in [0.3, 0.4) is 0 Å². The van der Waals surface area contributed by atoms with E-state index in [1.165, 1.54) is 0 Å². The Morgan fingerprint density at radius 3 is 1.79 bits per heavy atom. The molecule has 0 aliphatic rings. The maximum Gasteiger partial charge on any atom is 0 e. The number of rotatable bonds is 0. The molecule has 14 heavy (non-hydrogen) atoms. The molecule has 0 amide bonds. The van der Waals surface area contributed by atoms with Crippen LogP contribution in [0.4, 0.5) is 0 Å². The molecule has 3 nitrogen and oxygen atoms in total. The van der Waals surface area contributed by atoms with Crippen molar-refractivity contribution in [1.29, 1.82) is 0 Å². The Kier molecular flexibility index (Phi) is 49.3. The van der Waals surface area contributed by atoms with Crippen LogP contribution in [-0.4, -0.2) is 16.6 Å². The van der Waals surface area contributed by atoms with Crippen molar-refractivity contribution < 1.29 is 42.6 Å². The molecule has 1 aromatic rings. The number of aryl methyl sites for hydroxylation is 1. The van der Waals surface area contributed by atoms with Gasteiger partial charge in [0, 0.05) is 32.7 Å². The number of nitrogens with one attached hydrogen (secondary N) is 1. The van der Waals surface area contributed by atoms with Crippen LogP contribution in [0.2, 0.25) is 0 Å². The largest absolute Gasteiger partial charge is 0.665 e. The van der Waals surface area contributed by atoms with Crippen LogP contribution in [0, 0.1) is 13.0 Å². The Bertz CT molecular complexity index is 153. The molecule has 2 N–H and O–H groups in total. The topological polar surface area (TPSA) is 53.1 Å². The van der Waals surface area contributed by atoms with Crippen molar-refractivity contribution in [3.63, 3.8) is 0 Å². The number of aromatic amines is 1. The normalized spacial score (nSPS) is 5.50. The molecule has 0 atom stereocenters. The van der Waals surface area contributed by atoms with Gasteiger partial charge in [0.25, 0.3) is 0 Å². The van der Waals surface area contributed by atoms with Gasteiger partial charge in [-0.05, 0) is 6.92 Å². The van der Waals surface area contributed by atoms with E-state index in [0.29, 0.717) is 6.47 Å². The molecule has 0 aromatic carbocycles. The zero-order valence-corrected chi connectivity index (χ0v) is 12.4. The van der Waals surface area contributed by atoms with Gasteiger partial charge in [0.1, 0.15) is 0 Å². The predicted octanol–water partition coefficient (Wildman–Crippen LogP) is 2.78. The molecular formula is C10H19NO2Y-2. The van der Waals surface area contributed by atoms with E-state index >= 15 is 0 Å². The molecule has 1 radical (unpaired) electrons. The average Bonchev–Trinajstić information content (AvgIpc) is 2.64. The van der Waals surface area contributed by atoms with Crippen molar-refractivity contribution in [3.8, 4) is 0 Å². The summed E-state index contributed by atoms with van der Waals surface area (Å²) in [7, 11) is 0. The van der Waals surface area contributed by atoms with Crippen LogP contribution >= 0.6 is 0 Å². The van der Waals surface area contributed by atoms with Gasteiger partial charge < -0.3 is 14.9 Å². The van der Waals surface area contributed by atoms with Crippen LogP contribution in [0.1, 0.15) is 33.4 Å². The number of aliphatic hydroxyl groups excluding tert-OH is 1. The second kappa shape index (κ2) is 29.3. The van der Waals surface area contributed by atoms with Crippen LogP contribution in [0.5, 0.6) is 0 Å². The second-order valence-electron chi connectivity index (χ2n) is 1.34. The smallest absolute Gasteiger partial charge is 0 e. The third-order valence-electron chi connectivity index (χ3n) is 0.683. The van der Waals surface area contributed by atoms with Crippen molar-refractivity contribution in [2.45, 2.75) is 34.6 Å². The quantitative estimate of drug-likeness (QED) is 0.715. The molecule has 4 heteroatoms. The predicted molar refractivity (Wildman–Crippen MR) is 55.4 cm³/mol. The Morgan fingerprint density at radius 1 is 1.36 bits per heavy atom. The van der Waals surface area contributed by atoms with Gasteiger partial charge >= 0.3 is 0 Å². The van der Waals surface area contributed by atoms with E-state index in [4.69, 9.17) is 9.90 Å². The first-order valence-electron chi connectivity index (χ1n) is 4.34. The first kappa shape index (κ1) is 23.6. The number of hydrogen-bond donors (Lipinski definition) is 2. The summed E-state index contributed by atoms with van der Waals surface area (Å²) in [5.74, 6) is 0. The zero-order chi connectivity index (χ0) is 11.1. The number of hydrogen-bond acceptors (Lipinski definition) is 1. The summed E-state index contributed by atoms with van der Waals surface area (Å²) in [4.78, 5) is 11.2. The van der Waals surface area contributed by atoms with E-state index in [-0.39, 0.29) is 32.7 Å². The van der Waals surface area contributed by atoms with Crippen LogP contribution < -0.4 is 0 Å². The zero-order valence-electron chi connectivity index (χ0n) is 9.59. The van der Waals surface area contributed by atoms with E-state index in [9.17, 15) is 0 Å². The number of aromatic nitrogens is 1. The molecule has 0 aliphatic carbocycles. The summed E-state index contributed by atoms with van der Waals surface area (Å²) in [5.41, 5.74) is 1.09. The van der Waals surface area contributed by atoms with Gasteiger partial charge in [-0.25, -0.2) is 12.1 Å². The first-order chi connectivity index (χ1) is 6.31. The fourth-order valence-corrected chi connectivity index (χ4v) is 0.375. The Labute approximate surface area is 112 Å². The molecule has 0 fully saturated rings. The van der Waals surface area contributed by atoms with Gasteiger partial charge in [-0.1, -0.05) is 39.9 Å². The molecule has 0 saturated heterocycles. The molecule has 1 heterocycles. The van der Waals surface area contributed by atoms with Gasteiger partial charge in [0.2, 0.25) is 0 Å².